The normalized spacial score (nSPS) is 22.0. The molecule has 1 aliphatic carbocycles. The Hall–Kier alpha value is -1.29. The van der Waals surface area contributed by atoms with E-state index in [9.17, 15) is 4.79 Å². The van der Waals surface area contributed by atoms with E-state index in [0.717, 1.165) is 29.9 Å². The Morgan fingerprint density at radius 1 is 1.52 bits per heavy atom. The molecule has 0 aromatic carbocycles. The summed E-state index contributed by atoms with van der Waals surface area (Å²) in [6.45, 7) is 10.9. The summed E-state index contributed by atoms with van der Waals surface area (Å²) in [6.07, 6.45) is 1.85. The zero-order valence-corrected chi connectivity index (χ0v) is 13.8. The second-order valence-electron chi connectivity index (χ2n) is 7.43. The summed E-state index contributed by atoms with van der Waals surface area (Å²) in [7, 11) is 0. The standard InChI is InChI=1S/C17H28N2O2/c1-10(2)13(9-18)16(20)19-14-7-17(4,5)8-15-12(14)6-11(3)21-15/h6,10,13-14H,7-9,18H2,1-5H3,(H,19,20). The summed E-state index contributed by atoms with van der Waals surface area (Å²) in [4.78, 5) is 12.5. The first-order valence-corrected chi connectivity index (χ1v) is 7.83. The number of hydrogen-bond donors (Lipinski definition) is 2. The zero-order chi connectivity index (χ0) is 15.8. The molecule has 2 atom stereocenters. The number of hydrogen-bond acceptors (Lipinski definition) is 3. The van der Waals surface area contributed by atoms with E-state index in [-0.39, 0.29) is 29.2 Å². The SMILES string of the molecule is Cc1cc2c(o1)CC(C)(C)CC2NC(=O)C(CN)C(C)C. The van der Waals surface area contributed by atoms with Gasteiger partial charge in [-0.05, 0) is 30.7 Å². The zero-order valence-electron chi connectivity index (χ0n) is 13.8. The molecule has 1 aliphatic rings. The van der Waals surface area contributed by atoms with Crippen LogP contribution < -0.4 is 11.1 Å². The maximum atomic E-state index is 12.5. The molecular weight excluding hydrogens is 264 g/mol. The Morgan fingerprint density at radius 2 is 2.19 bits per heavy atom. The molecule has 3 N–H and O–H groups in total. The van der Waals surface area contributed by atoms with Gasteiger partial charge in [-0.1, -0.05) is 27.7 Å². The quantitative estimate of drug-likeness (QED) is 0.896. The van der Waals surface area contributed by atoms with Crippen LogP contribution in [0.2, 0.25) is 0 Å². The first kappa shape index (κ1) is 16.1. The van der Waals surface area contributed by atoms with Gasteiger partial charge in [-0.3, -0.25) is 4.79 Å². The molecule has 4 heteroatoms. The van der Waals surface area contributed by atoms with E-state index in [0.29, 0.717) is 6.54 Å². The molecule has 0 aliphatic heterocycles. The van der Waals surface area contributed by atoms with Gasteiger partial charge in [-0.15, -0.1) is 0 Å². The summed E-state index contributed by atoms with van der Waals surface area (Å²) in [5, 5.41) is 3.20. The fraction of sp³-hybridized carbons (Fsp3) is 0.706. The molecule has 0 radical (unpaired) electrons. The van der Waals surface area contributed by atoms with E-state index in [2.05, 4.69) is 25.2 Å². The van der Waals surface area contributed by atoms with Crippen molar-refractivity contribution in [3.05, 3.63) is 23.2 Å². The van der Waals surface area contributed by atoms with Gasteiger partial charge in [0.15, 0.2) is 0 Å². The van der Waals surface area contributed by atoms with Crippen LogP contribution in [0.1, 0.15) is 57.2 Å². The first-order valence-electron chi connectivity index (χ1n) is 7.83. The van der Waals surface area contributed by atoms with Crippen LogP contribution in [0.3, 0.4) is 0 Å². The summed E-state index contributed by atoms with van der Waals surface area (Å²) in [5.74, 6) is 2.10. The van der Waals surface area contributed by atoms with E-state index < -0.39 is 0 Å². The Bertz CT molecular complexity index is 517. The molecule has 0 fully saturated rings. The second kappa shape index (κ2) is 5.84. The molecule has 0 spiro atoms. The van der Waals surface area contributed by atoms with Crippen LogP contribution in [0.4, 0.5) is 0 Å². The molecular formula is C17H28N2O2. The number of fused-ring (bicyclic) bond motifs is 1. The highest BCUT2D eigenvalue weighted by Crippen LogP contribution is 2.42. The molecule has 2 unspecified atom stereocenters. The summed E-state index contributed by atoms with van der Waals surface area (Å²) in [6, 6.07) is 2.09. The average Bonchev–Trinajstić information content (AvgIpc) is 2.68. The van der Waals surface area contributed by atoms with Gasteiger partial charge in [0.05, 0.1) is 12.0 Å². The molecule has 1 aromatic rings. The van der Waals surface area contributed by atoms with Crippen molar-refractivity contribution in [2.24, 2.45) is 23.0 Å². The number of carbonyl (C=O) groups excluding carboxylic acids is 1. The first-order chi connectivity index (χ1) is 9.73. The smallest absolute Gasteiger partial charge is 0.225 e. The Labute approximate surface area is 127 Å². The average molecular weight is 292 g/mol. The van der Waals surface area contributed by atoms with Crippen LogP contribution in [0, 0.1) is 24.2 Å². The van der Waals surface area contributed by atoms with Crippen molar-refractivity contribution in [1.29, 1.82) is 0 Å². The van der Waals surface area contributed by atoms with Gasteiger partial charge in [-0.2, -0.15) is 0 Å². The molecule has 4 nitrogen and oxygen atoms in total. The molecule has 2 rings (SSSR count). The van der Waals surface area contributed by atoms with Crippen molar-refractivity contribution in [2.75, 3.05) is 6.54 Å². The largest absolute Gasteiger partial charge is 0.466 e. The van der Waals surface area contributed by atoms with Crippen molar-refractivity contribution >= 4 is 5.91 Å². The van der Waals surface area contributed by atoms with Gasteiger partial charge in [0.1, 0.15) is 11.5 Å². The van der Waals surface area contributed by atoms with E-state index in [1.54, 1.807) is 0 Å². The lowest BCUT2D eigenvalue weighted by molar-refractivity contribution is -0.127. The third kappa shape index (κ3) is 3.49. The Kier molecular flexibility index (Phi) is 4.47. The summed E-state index contributed by atoms with van der Waals surface area (Å²) in [5.41, 5.74) is 7.02. The van der Waals surface area contributed by atoms with Gasteiger partial charge in [0.25, 0.3) is 0 Å². The molecule has 0 saturated carbocycles. The van der Waals surface area contributed by atoms with E-state index in [1.165, 1.54) is 0 Å². The van der Waals surface area contributed by atoms with E-state index in [4.69, 9.17) is 10.2 Å². The molecule has 1 aromatic heterocycles. The van der Waals surface area contributed by atoms with Crippen LogP contribution >= 0.6 is 0 Å². The van der Waals surface area contributed by atoms with Crippen LogP contribution in [-0.2, 0) is 11.2 Å². The number of aryl methyl sites for hydroxylation is 1. The molecule has 1 heterocycles. The third-order valence-electron chi connectivity index (χ3n) is 4.45. The number of rotatable bonds is 4. The molecule has 0 bridgehead atoms. The minimum Gasteiger partial charge on any atom is -0.466 e. The molecule has 118 valence electrons. The predicted octanol–water partition coefficient (Wildman–Crippen LogP) is 2.95. The van der Waals surface area contributed by atoms with Gasteiger partial charge < -0.3 is 15.5 Å². The maximum Gasteiger partial charge on any atom is 0.225 e. The number of nitrogens with one attached hydrogen (secondary N) is 1. The van der Waals surface area contributed by atoms with Gasteiger partial charge in [0, 0.05) is 18.5 Å². The van der Waals surface area contributed by atoms with Crippen molar-refractivity contribution in [2.45, 2.75) is 53.5 Å². The minimum absolute atomic E-state index is 0.0292. The molecule has 21 heavy (non-hydrogen) atoms. The lowest BCUT2D eigenvalue weighted by Crippen LogP contribution is -2.42. The van der Waals surface area contributed by atoms with Crippen LogP contribution in [-0.4, -0.2) is 12.5 Å². The highest BCUT2D eigenvalue weighted by Gasteiger charge is 2.36. The van der Waals surface area contributed by atoms with Crippen molar-refractivity contribution in [3.8, 4) is 0 Å². The minimum atomic E-state index is -0.133. The van der Waals surface area contributed by atoms with E-state index >= 15 is 0 Å². The highest BCUT2D eigenvalue weighted by molar-refractivity contribution is 5.79. The third-order valence-corrected chi connectivity index (χ3v) is 4.45. The summed E-state index contributed by atoms with van der Waals surface area (Å²) >= 11 is 0. The number of nitrogens with two attached hydrogens (primary N) is 1. The monoisotopic (exact) mass is 292 g/mol. The highest BCUT2D eigenvalue weighted by atomic mass is 16.3. The van der Waals surface area contributed by atoms with Gasteiger partial charge >= 0.3 is 0 Å². The van der Waals surface area contributed by atoms with Gasteiger partial charge in [-0.25, -0.2) is 0 Å². The second-order valence-corrected chi connectivity index (χ2v) is 7.43. The fourth-order valence-corrected chi connectivity index (χ4v) is 3.27. The van der Waals surface area contributed by atoms with E-state index in [1.807, 2.05) is 20.8 Å². The van der Waals surface area contributed by atoms with Crippen molar-refractivity contribution in [1.82, 2.24) is 5.32 Å². The van der Waals surface area contributed by atoms with Crippen molar-refractivity contribution in [3.63, 3.8) is 0 Å². The molecule has 0 saturated heterocycles. The lowest BCUT2D eigenvalue weighted by atomic mass is 9.74. The van der Waals surface area contributed by atoms with Crippen LogP contribution in [0.5, 0.6) is 0 Å². The lowest BCUT2D eigenvalue weighted by Gasteiger charge is -2.35. The summed E-state index contributed by atoms with van der Waals surface area (Å²) < 4.78 is 5.81. The number of carbonyl (C=O) groups is 1. The van der Waals surface area contributed by atoms with Gasteiger partial charge in [0.2, 0.25) is 5.91 Å². The Balaban J connectivity index is 2.21. The fourth-order valence-electron chi connectivity index (χ4n) is 3.27. The Morgan fingerprint density at radius 3 is 2.76 bits per heavy atom. The number of amides is 1. The molecule has 1 amide bonds. The van der Waals surface area contributed by atoms with Crippen LogP contribution in [0.15, 0.2) is 10.5 Å². The maximum absolute atomic E-state index is 12.5. The van der Waals surface area contributed by atoms with Crippen LogP contribution in [0.25, 0.3) is 0 Å². The topological polar surface area (TPSA) is 68.3 Å². The predicted molar refractivity (Wildman–Crippen MR) is 83.8 cm³/mol. The number of furan rings is 1. The van der Waals surface area contributed by atoms with Crippen molar-refractivity contribution < 1.29 is 9.21 Å².